The highest BCUT2D eigenvalue weighted by atomic mass is 16.1. The van der Waals surface area contributed by atoms with Gasteiger partial charge in [-0.3, -0.25) is 10.5 Å². The fraction of sp³-hybridized carbons (Fsp3) is 0.857. The summed E-state index contributed by atoms with van der Waals surface area (Å²) in [7, 11) is 0. The molecule has 1 amide bonds. The highest BCUT2D eigenvalue weighted by Crippen LogP contribution is 2.54. The molecule has 2 unspecified atom stereocenters. The van der Waals surface area contributed by atoms with Gasteiger partial charge in [-0.25, -0.2) is 0 Å². The third kappa shape index (κ3) is 0.934. The number of amides is 1. The summed E-state index contributed by atoms with van der Waals surface area (Å²) in [4.78, 5) is 10.4. The van der Waals surface area contributed by atoms with Crippen LogP contribution in [-0.4, -0.2) is 5.91 Å². The summed E-state index contributed by atoms with van der Waals surface area (Å²) in [6.45, 7) is 4.15. The average molecular weight is 126 g/mol. The fourth-order valence-electron chi connectivity index (χ4n) is 1.21. The minimum Gasteiger partial charge on any atom is -0.273 e. The van der Waals surface area contributed by atoms with Crippen molar-refractivity contribution in [3.8, 4) is 0 Å². The first kappa shape index (κ1) is 6.59. The van der Waals surface area contributed by atoms with Crippen LogP contribution in [0.2, 0.25) is 0 Å². The summed E-state index contributed by atoms with van der Waals surface area (Å²) in [6.07, 6.45) is 1.97. The molecule has 1 rings (SSSR count). The van der Waals surface area contributed by atoms with Crippen molar-refractivity contribution in [1.29, 1.82) is 0 Å². The number of hydrogen-bond acceptors (Lipinski definition) is 1. The Morgan fingerprint density at radius 2 is 2.44 bits per heavy atom. The lowest BCUT2D eigenvalue weighted by molar-refractivity contribution is -0.120. The molecular formula is C7H12NO. The van der Waals surface area contributed by atoms with Crippen molar-refractivity contribution < 1.29 is 4.79 Å². The van der Waals surface area contributed by atoms with Gasteiger partial charge in [-0.1, -0.05) is 13.8 Å². The third-order valence-corrected chi connectivity index (χ3v) is 2.48. The molecule has 9 heavy (non-hydrogen) atoms. The molecule has 0 aromatic rings. The van der Waals surface area contributed by atoms with E-state index in [1.807, 2.05) is 0 Å². The van der Waals surface area contributed by atoms with Crippen LogP contribution in [0, 0.1) is 11.3 Å². The molecule has 0 aliphatic heterocycles. The van der Waals surface area contributed by atoms with Gasteiger partial charge in [-0.05, 0) is 18.3 Å². The number of hydrogen-bond donors (Lipinski definition) is 0. The van der Waals surface area contributed by atoms with Crippen molar-refractivity contribution in [2.24, 2.45) is 11.3 Å². The molecule has 51 valence electrons. The molecule has 1 N–H and O–H groups in total. The second-order valence-corrected chi connectivity index (χ2v) is 3.13. The Morgan fingerprint density at radius 3 is 2.56 bits per heavy atom. The number of carbonyl (C=O) groups excluding carboxylic acids is 1. The van der Waals surface area contributed by atoms with Gasteiger partial charge >= 0.3 is 0 Å². The summed E-state index contributed by atoms with van der Waals surface area (Å²) < 4.78 is 0. The van der Waals surface area contributed by atoms with E-state index in [-0.39, 0.29) is 17.2 Å². The SMILES string of the molecule is CCC1(C)CC1C([NH])=O. The van der Waals surface area contributed by atoms with Gasteiger partial charge in [0.25, 0.3) is 0 Å². The Hall–Kier alpha value is -0.530. The maximum atomic E-state index is 10.4. The van der Waals surface area contributed by atoms with E-state index in [4.69, 9.17) is 5.73 Å². The Balaban J connectivity index is 2.48. The standard InChI is InChI=1S/C7H12NO/c1-3-7(2)4-5(7)6(8)9/h5,8H,3-4H2,1-2H3. The lowest BCUT2D eigenvalue weighted by Crippen LogP contribution is -2.07. The molecule has 1 aliphatic rings. The molecule has 0 heterocycles. The van der Waals surface area contributed by atoms with E-state index in [0.29, 0.717) is 0 Å². The lowest BCUT2D eigenvalue weighted by atomic mass is 10.0. The first-order valence-electron chi connectivity index (χ1n) is 3.35. The van der Waals surface area contributed by atoms with Crippen LogP contribution in [0.3, 0.4) is 0 Å². The van der Waals surface area contributed by atoms with Gasteiger partial charge in [-0.15, -0.1) is 0 Å². The predicted octanol–water partition coefficient (Wildman–Crippen LogP) is 1.23. The van der Waals surface area contributed by atoms with Gasteiger partial charge in [0.2, 0.25) is 5.91 Å². The maximum absolute atomic E-state index is 10.4. The molecule has 0 spiro atoms. The summed E-state index contributed by atoms with van der Waals surface area (Å²) in [6, 6.07) is 0. The zero-order valence-corrected chi connectivity index (χ0v) is 5.90. The smallest absolute Gasteiger partial charge is 0.242 e. The molecule has 1 radical (unpaired) electrons. The molecule has 2 atom stereocenters. The minimum absolute atomic E-state index is 0.0579. The normalized spacial score (nSPS) is 40.4. The van der Waals surface area contributed by atoms with Crippen LogP contribution in [-0.2, 0) is 4.79 Å². The summed E-state index contributed by atoms with van der Waals surface area (Å²) >= 11 is 0. The zero-order chi connectivity index (χ0) is 7.07. The molecule has 2 nitrogen and oxygen atoms in total. The van der Waals surface area contributed by atoms with E-state index in [2.05, 4.69) is 13.8 Å². The lowest BCUT2D eigenvalue weighted by Gasteiger charge is -2.01. The van der Waals surface area contributed by atoms with Crippen LogP contribution >= 0.6 is 0 Å². The summed E-state index contributed by atoms with van der Waals surface area (Å²) in [5.74, 6) is -0.318. The van der Waals surface area contributed by atoms with Gasteiger partial charge in [-0.2, -0.15) is 0 Å². The van der Waals surface area contributed by atoms with Gasteiger partial charge in [0.05, 0.1) is 0 Å². The zero-order valence-electron chi connectivity index (χ0n) is 5.90. The maximum Gasteiger partial charge on any atom is 0.242 e. The highest BCUT2D eigenvalue weighted by Gasteiger charge is 2.52. The van der Waals surface area contributed by atoms with Crippen LogP contribution in [0.4, 0.5) is 0 Å². The van der Waals surface area contributed by atoms with Gasteiger partial charge < -0.3 is 0 Å². The Kier molecular flexibility index (Phi) is 1.26. The van der Waals surface area contributed by atoms with Crippen LogP contribution in [0.15, 0.2) is 0 Å². The third-order valence-electron chi connectivity index (χ3n) is 2.48. The topological polar surface area (TPSA) is 40.9 Å². The Bertz CT molecular complexity index is 144. The van der Waals surface area contributed by atoms with Crippen molar-refractivity contribution in [3.63, 3.8) is 0 Å². The van der Waals surface area contributed by atoms with E-state index < -0.39 is 0 Å². The average Bonchev–Trinajstić information content (AvgIpc) is 2.44. The van der Waals surface area contributed by atoms with Gasteiger partial charge in [0.1, 0.15) is 0 Å². The molecule has 1 saturated carbocycles. The molecule has 0 aromatic heterocycles. The predicted molar refractivity (Wildman–Crippen MR) is 34.6 cm³/mol. The number of nitrogens with one attached hydrogen (secondary N) is 1. The monoisotopic (exact) mass is 126 g/mol. The van der Waals surface area contributed by atoms with Crippen LogP contribution in [0.1, 0.15) is 26.7 Å². The molecular weight excluding hydrogens is 114 g/mol. The van der Waals surface area contributed by atoms with Crippen LogP contribution in [0.25, 0.3) is 0 Å². The van der Waals surface area contributed by atoms with Gasteiger partial charge in [0, 0.05) is 5.92 Å². The quantitative estimate of drug-likeness (QED) is 0.548. The largest absolute Gasteiger partial charge is 0.273 e. The first-order chi connectivity index (χ1) is 4.10. The van der Waals surface area contributed by atoms with E-state index in [1.54, 1.807) is 0 Å². The summed E-state index contributed by atoms with van der Waals surface area (Å²) in [5, 5.41) is 0. The molecule has 1 fully saturated rings. The molecule has 2 heteroatoms. The Morgan fingerprint density at radius 1 is 1.89 bits per heavy atom. The fourth-order valence-corrected chi connectivity index (χ4v) is 1.21. The Labute approximate surface area is 55.4 Å². The van der Waals surface area contributed by atoms with Crippen molar-refractivity contribution in [2.75, 3.05) is 0 Å². The van der Waals surface area contributed by atoms with Gasteiger partial charge in [0.15, 0.2) is 0 Å². The summed E-state index contributed by atoms with van der Waals surface area (Å²) in [5.41, 5.74) is 7.01. The second-order valence-electron chi connectivity index (χ2n) is 3.13. The molecule has 0 bridgehead atoms. The van der Waals surface area contributed by atoms with Crippen molar-refractivity contribution in [3.05, 3.63) is 0 Å². The van der Waals surface area contributed by atoms with Crippen molar-refractivity contribution >= 4 is 5.91 Å². The molecule has 0 saturated heterocycles. The number of rotatable bonds is 2. The number of carbonyl (C=O) groups is 1. The van der Waals surface area contributed by atoms with Crippen LogP contribution < -0.4 is 5.73 Å². The minimum atomic E-state index is -0.376. The first-order valence-corrected chi connectivity index (χ1v) is 3.35. The molecule has 0 aromatic carbocycles. The van der Waals surface area contributed by atoms with E-state index >= 15 is 0 Å². The van der Waals surface area contributed by atoms with Crippen molar-refractivity contribution in [2.45, 2.75) is 26.7 Å². The molecule has 1 aliphatic carbocycles. The van der Waals surface area contributed by atoms with E-state index in [0.717, 1.165) is 12.8 Å². The second kappa shape index (κ2) is 1.72. The van der Waals surface area contributed by atoms with E-state index in [9.17, 15) is 4.79 Å². The van der Waals surface area contributed by atoms with Crippen molar-refractivity contribution in [1.82, 2.24) is 5.73 Å². The van der Waals surface area contributed by atoms with E-state index in [1.165, 1.54) is 0 Å². The highest BCUT2D eigenvalue weighted by molar-refractivity contribution is 5.79. The van der Waals surface area contributed by atoms with Crippen LogP contribution in [0.5, 0.6) is 0 Å².